The van der Waals surface area contributed by atoms with E-state index in [9.17, 15) is 5.11 Å². The van der Waals surface area contributed by atoms with E-state index in [0.717, 1.165) is 11.8 Å². The average Bonchev–Trinajstić information content (AvgIpc) is 2.25. The van der Waals surface area contributed by atoms with E-state index in [0.29, 0.717) is 11.2 Å². The Labute approximate surface area is 97.5 Å². The highest BCUT2D eigenvalue weighted by molar-refractivity contribution is 5.43. The molecule has 86 valence electrons. The van der Waals surface area contributed by atoms with Crippen LogP contribution in [0.3, 0.4) is 0 Å². The van der Waals surface area contributed by atoms with Crippen LogP contribution in [0.5, 0.6) is 5.75 Å². The molecule has 3 rings (SSSR count). The summed E-state index contributed by atoms with van der Waals surface area (Å²) in [7, 11) is 0. The molecule has 16 heavy (non-hydrogen) atoms. The lowest BCUT2D eigenvalue weighted by Crippen LogP contribution is -2.44. The van der Waals surface area contributed by atoms with Crippen LogP contribution >= 0.6 is 0 Å². The Kier molecular flexibility index (Phi) is 2.07. The van der Waals surface area contributed by atoms with Crippen molar-refractivity contribution in [2.45, 2.75) is 44.9 Å². The molecular weight excluding hydrogens is 196 g/mol. The first-order chi connectivity index (χ1) is 7.61. The first-order valence-electron chi connectivity index (χ1n) is 6.43. The molecule has 3 atom stereocenters. The highest BCUT2D eigenvalue weighted by Gasteiger charge is 2.45. The first-order valence-corrected chi connectivity index (χ1v) is 6.43. The largest absolute Gasteiger partial charge is 0.508 e. The SMILES string of the molecule is CC1C2CCCC1(C)c1cc(O)ccc1C2. The normalized spacial score (nSPS) is 36.9. The van der Waals surface area contributed by atoms with Gasteiger partial charge < -0.3 is 5.11 Å². The van der Waals surface area contributed by atoms with Crippen molar-refractivity contribution in [3.8, 4) is 5.75 Å². The quantitative estimate of drug-likeness (QED) is 0.702. The summed E-state index contributed by atoms with van der Waals surface area (Å²) >= 11 is 0. The van der Waals surface area contributed by atoms with Gasteiger partial charge in [0.1, 0.15) is 5.75 Å². The van der Waals surface area contributed by atoms with E-state index < -0.39 is 0 Å². The van der Waals surface area contributed by atoms with Gasteiger partial charge in [0.2, 0.25) is 0 Å². The molecule has 1 fully saturated rings. The minimum atomic E-state index is 0.301. The standard InChI is InChI=1S/C15H20O/c1-10-11-4-3-7-15(10,2)14-9-13(16)6-5-12(14)8-11/h5-6,9-11,16H,3-4,7-8H2,1-2H3. The summed E-state index contributed by atoms with van der Waals surface area (Å²) in [6.07, 6.45) is 5.23. The summed E-state index contributed by atoms with van der Waals surface area (Å²) in [6.45, 7) is 4.79. The maximum absolute atomic E-state index is 9.69. The van der Waals surface area contributed by atoms with E-state index in [4.69, 9.17) is 0 Å². The molecule has 0 spiro atoms. The number of phenolic OH excluding ortho intramolecular Hbond substituents is 1. The van der Waals surface area contributed by atoms with Gasteiger partial charge in [-0.05, 0) is 59.8 Å². The minimum absolute atomic E-state index is 0.301. The van der Waals surface area contributed by atoms with E-state index in [1.54, 1.807) is 0 Å². The Morgan fingerprint density at radius 2 is 2.19 bits per heavy atom. The van der Waals surface area contributed by atoms with Crippen molar-refractivity contribution >= 4 is 0 Å². The number of benzene rings is 1. The number of aromatic hydroxyl groups is 1. The minimum Gasteiger partial charge on any atom is -0.508 e. The van der Waals surface area contributed by atoms with Crippen molar-refractivity contribution in [1.82, 2.24) is 0 Å². The molecule has 0 saturated heterocycles. The number of phenols is 1. The van der Waals surface area contributed by atoms with Crippen LogP contribution in [0.1, 0.15) is 44.2 Å². The van der Waals surface area contributed by atoms with Crippen molar-refractivity contribution in [2.75, 3.05) is 0 Å². The Morgan fingerprint density at radius 1 is 1.38 bits per heavy atom. The predicted octanol–water partition coefficient (Wildman–Crippen LogP) is 3.64. The molecule has 1 nitrogen and oxygen atoms in total. The summed E-state index contributed by atoms with van der Waals surface area (Å²) in [5.74, 6) is 2.04. The topological polar surface area (TPSA) is 20.2 Å². The third-order valence-corrected chi connectivity index (χ3v) is 5.17. The number of rotatable bonds is 0. The lowest BCUT2D eigenvalue weighted by molar-refractivity contribution is 0.124. The fourth-order valence-corrected chi connectivity index (χ4v) is 3.94. The molecule has 1 aromatic rings. The summed E-state index contributed by atoms with van der Waals surface area (Å²) in [6, 6.07) is 5.98. The zero-order valence-electron chi connectivity index (χ0n) is 10.2. The van der Waals surface area contributed by atoms with Crippen LogP contribution in [0.25, 0.3) is 0 Å². The molecule has 1 N–H and O–H groups in total. The third kappa shape index (κ3) is 1.24. The van der Waals surface area contributed by atoms with Crippen molar-refractivity contribution in [2.24, 2.45) is 11.8 Å². The molecule has 2 bridgehead atoms. The van der Waals surface area contributed by atoms with Crippen LogP contribution in [0.2, 0.25) is 0 Å². The van der Waals surface area contributed by atoms with E-state index in [1.165, 1.54) is 36.8 Å². The fourth-order valence-electron chi connectivity index (χ4n) is 3.94. The van der Waals surface area contributed by atoms with Gasteiger partial charge in [-0.25, -0.2) is 0 Å². The second-order valence-corrected chi connectivity index (χ2v) is 5.90. The smallest absolute Gasteiger partial charge is 0.115 e. The van der Waals surface area contributed by atoms with Gasteiger partial charge in [-0.1, -0.05) is 26.3 Å². The Balaban J connectivity index is 2.18. The Hall–Kier alpha value is -0.980. The van der Waals surface area contributed by atoms with Crippen molar-refractivity contribution < 1.29 is 5.11 Å². The monoisotopic (exact) mass is 216 g/mol. The second kappa shape index (κ2) is 3.26. The molecule has 0 aromatic heterocycles. The summed E-state index contributed by atoms with van der Waals surface area (Å²) in [5, 5.41) is 9.69. The molecule has 1 saturated carbocycles. The molecule has 1 aromatic carbocycles. The van der Waals surface area contributed by atoms with E-state index in [2.05, 4.69) is 19.9 Å². The van der Waals surface area contributed by atoms with Crippen molar-refractivity contribution in [3.63, 3.8) is 0 Å². The number of hydrogen-bond acceptors (Lipinski definition) is 1. The van der Waals surface area contributed by atoms with E-state index in [-0.39, 0.29) is 0 Å². The summed E-state index contributed by atoms with van der Waals surface area (Å²) in [5.41, 5.74) is 3.19. The summed E-state index contributed by atoms with van der Waals surface area (Å²) in [4.78, 5) is 0. The van der Waals surface area contributed by atoms with E-state index >= 15 is 0 Å². The zero-order valence-corrected chi connectivity index (χ0v) is 10.2. The van der Waals surface area contributed by atoms with Crippen LogP contribution in [0.4, 0.5) is 0 Å². The van der Waals surface area contributed by atoms with Crippen LogP contribution < -0.4 is 0 Å². The van der Waals surface area contributed by atoms with Crippen molar-refractivity contribution in [1.29, 1.82) is 0 Å². The number of fused-ring (bicyclic) bond motifs is 4. The third-order valence-electron chi connectivity index (χ3n) is 5.17. The molecule has 3 unspecified atom stereocenters. The maximum Gasteiger partial charge on any atom is 0.115 e. The number of hydrogen-bond donors (Lipinski definition) is 1. The lowest BCUT2D eigenvalue weighted by atomic mass is 9.55. The van der Waals surface area contributed by atoms with Gasteiger partial charge in [0.15, 0.2) is 0 Å². The fraction of sp³-hybridized carbons (Fsp3) is 0.600. The molecule has 0 amide bonds. The van der Waals surface area contributed by atoms with Gasteiger partial charge in [-0.2, -0.15) is 0 Å². The predicted molar refractivity (Wildman–Crippen MR) is 65.7 cm³/mol. The van der Waals surface area contributed by atoms with Gasteiger partial charge in [-0.3, -0.25) is 0 Å². The first kappa shape index (κ1) is 10.2. The zero-order chi connectivity index (χ0) is 11.3. The van der Waals surface area contributed by atoms with E-state index in [1.807, 2.05) is 12.1 Å². The average molecular weight is 216 g/mol. The molecule has 2 aliphatic rings. The van der Waals surface area contributed by atoms with Gasteiger partial charge in [0.05, 0.1) is 0 Å². The van der Waals surface area contributed by atoms with Gasteiger partial charge in [0, 0.05) is 0 Å². The van der Waals surface area contributed by atoms with Crippen molar-refractivity contribution in [3.05, 3.63) is 29.3 Å². The Bertz CT molecular complexity index is 423. The molecule has 0 radical (unpaired) electrons. The summed E-state index contributed by atoms with van der Waals surface area (Å²) < 4.78 is 0. The molecule has 0 aliphatic heterocycles. The second-order valence-electron chi connectivity index (χ2n) is 5.90. The van der Waals surface area contributed by atoms with Gasteiger partial charge in [-0.15, -0.1) is 0 Å². The van der Waals surface area contributed by atoms with Crippen LogP contribution in [0.15, 0.2) is 18.2 Å². The van der Waals surface area contributed by atoms with Crippen LogP contribution in [-0.2, 0) is 11.8 Å². The van der Waals surface area contributed by atoms with Crippen LogP contribution in [0, 0.1) is 11.8 Å². The lowest BCUT2D eigenvalue weighted by Gasteiger charge is -2.50. The maximum atomic E-state index is 9.69. The van der Waals surface area contributed by atoms with Crippen LogP contribution in [-0.4, -0.2) is 5.11 Å². The molecular formula is C15H20O. The van der Waals surface area contributed by atoms with Gasteiger partial charge >= 0.3 is 0 Å². The molecule has 1 heteroatoms. The Morgan fingerprint density at radius 3 is 3.00 bits per heavy atom. The highest BCUT2D eigenvalue weighted by Crippen LogP contribution is 2.52. The molecule has 0 heterocycles. The highest BCUT2D eigenvalue weighted by atomic mass is 16.3. The molecule has 2 aliphatic carbocycles. The van der Waals surface area contributed by atoms with Gasteiger partial charge in [0.25, 0.3) is 0 Å².